The molecule has 14 nitrogen and oxygen atoms in total. The van der Waals surface area contributed by atoms with Crippen LogP contribution in [0.4, 0.5) is 0 Å². The van der Waals surface area contributed by atoms with E-state index in [2.05, 4.69) is 0 Å². The highest BCUT2D eigenvalue weighted by Gasteiger charge is 2.51. The zero-order chi connectivity index (χ0) is 34.9. The Bertz CT molecular complexity index is 1980. The fourth-order valence-corrected chi connectivity index (χ4v) is 5.90. The highest BCUT2D eigenvalue weighted by molar-refractivity contribution is 6.18. The average molecular weight is 667 g/mol. The molecule has 5 atom stereocenters. The van der Waals surface area contributed by atoms with Crippen molar-refractivity contribution in [3.05, 3.63) is 52.4 Å². The Labute approximate surface area is 273 Å². The zero-order valence-electron chi connectivity index (χ0n) is 27.0. The fraction of sp³-hybridized carbons (Fsp3) is 0.382. The number of ether oxygens (including phenoxy) is 7. The van der Waals surface area contributed by atoms with Crippen molar-refractivity contribution in [1.29, 1.82) is 0 Å². The van der Waals surface area contributed by atoms with E-state index in [1.165, 1.54) is 33.1 Å². The van der Waals surface area contributed by atoms with E-state index in [1.807, 2.05) is 0 Å². The molecule has 3 aromatic carbocycles. The zero-order valence-corrected chi connectivity index (χ0v) is 27.0. The molecule has 0 amide bonds. The summed E-state index contributed by atoms with van der Waals surface area (Å²) in [5.74, 6) is -2.46. The third-order valence-electron chi connectivity index (χ3n) is 7.63. The molecule has 48 heavy (non-hydrogen) atoms. The number of hydrogen-bond acceptors (Lipinski definition) is 14. The second-order valence-electron chi connectivity index (χ2n) is 11.2. The summed E-state index contributed by atoms with van der Waals surface area (Å²) in [6.45, 7) is 6.06. The second-order valence-corrected chi connectivity index (χ2v) is 11.2. The Balaban J connectivity index is 1.80. The van der Waals surface area contributed by atoms with Gasteiger partial charge in [-0.3, -0.25) is 19.2 Å². The molecule has 1 fully saturated rings. The van der Waals surface area contributed by atoms with Gasteiger partial charge in [0.15, 0.2) is 12.2 Å². The molecular weight excluding hydrogens is 632 g/mol. The quantitative estimate of drug-likeness (QED) is 0.0900. The number of carbonyl (C=O) groups excluding carboxylic acids is 4. The minimum atomic E-state index is -1.47. The first-order chi connectivity index (χ1) is 22.8. The van der Waals surface area contributed by atoms with Crippen LogP contribution in [-0.2, 0) is 44.5 Å². The van der Waals surface area contributed by atoms with Crippen LogP contribution < -0.4 is 19.8 Å². The van der Waals surface area contributed by atoms with E-state index in [4.69, 9.17) is 37.6 Å². The van der Waals surface area contributed by atoms with Crippen LogP contribution in [0.3, 0.4) is 0 Å². The van der Waals surface area contributed by atoms with E-state index >= 15 is 0 Å². The van der Waals surface area contributed by atoms with Crippen LogP contribution in [0.2, 0.25) is 0 Å². The van der Waals surface area contributed by atoms with Crippen molar-refractivity contribution in [1.82, 2.24) is 0 Å². The summed E-state index contributed by atoms with van der Waals surface area (Å²) in [5, 5.41) is 10.9. The first kappa shape index (κ1) is 34.1. The minimum absolute atomic E-state index is 0.0350. The van der Waals surface area contributed by atoms with Crippen LogP contribution in [-0.4, -0.2) is 73.4 Å². The Morgan fingerprint density at radius 2 is 1.44 bits per heavy atom. The topological polar surface area (TPSA) is 183 Å². The summed E-state index contributed by atoms with van der Waals surface area (Å²) in [6.07, 6.45) is -6.10. The van der Waals surface area contributed by atoms with Gasteiger partial charge in [-0.05, 0) is 43.2 Å². The third kappa shape index (κ3) is 6.75. The Kier molecular flexibility index (Phi) is 9.87. The highest BCUT2D eigenvalue weighted by atomic mass is 16.7. The molecule has 0 bridgehead atoms. The largest absolute Gasteiger partial charge is 0.496 e. The van der Waals surface area contributed by atoms with Crippen molar-refractivity contribution in [2.75, 3.05) is 13.7 Å². The van der Waals surface area contributed by atoms with E-state index in [0.29, 0.717) is 27.5 Å². The smallest absolute Gasteiger partial charge is 0.344 e. The lowest BCUT2D eigenvalue weighted by Crippen LogP contribution is -2.62. The maximum Gasteiger partial charge on any atom is 0.344 e. The molecule has 0 radical (unpaired) electrons. The summed E-state index contributed by atoms with van der Waals surface area (Å²) in [5.41, 5.74) is 0.0818. The second kappa shape index (κ2) is 13.9. The predicted molar refractivity (Wildman–Crippen MR) is 168 cm³/mol. The number of hydrogen-bond donors (Lipinski definition) is 1. The SMILES string of the molecule is COc1cc(CCO)cc2c(=O)oc3c4cccc(OC(C)=O)c4c(O[C@@H]4O[C@@H](C)[C@H](OC(C)=O)[C@@H](OC(C)=O)[C@H]4OC(C)=O)cc3c12. The number of carbonyl (C=O) groups is 4. The lowest BCUT2D eigenvalue weighted by Gasteiger charge is -2.43. The van der Waals surface area contributed by atoms with Crippen LogP contribution in [0.1, 0.15) is 40.2 Å². The van der Waals surface area contributed by atoms with Crippen LogP contribution >= 0.6 is 0 Å². The van der Waals surface area contributed by atoms with Gasteiger partial charge in [-0.15, -0.1) is 0 Å². The molecule has 1 N–H and O–H groups in total. The summed E-state index contributed by atoms with van der Waals surface area (Å²) in [6, 6.07) is 9.56. The van der Waals surface area contributed by atoms with E-state index in [1.54, 1.807) is 31.2 Å². The minimum Gasteiger partial charge on any atom is -0.496 e. The van der Waals surface area contributed by atoms with Gasteiger partial charge in [0.25, 0.3) is 0 Å². The molecule has 4 aromatic rings. The molecule has 0 aliphatic carbocycles. The standard InChI is InChI=1S/C34H34O14/c1-15-29(44-17(3)37)31(45-18(4)38)32(46-19(5)39)34(42-15)47-26-14-22-27-23(12-20(10-11-35)13-25(27)41-6)33(40)48-30(22)21-8-7-9-24(28(21)26)43-16(2)36/h7-9,12-15,29,31-32,34-35H,10-11H2,1-6H3/t15-,29-,31+,32+,34-/m0/s1. The third-order valence-corrected chi connectivity index (χ3v) is 7.63. The number of benzene rings is 3. The van der Waals surface area contributed by atoms with Crippen LogP contribution in [0.15, 0.2) is 45.6 Å². The van der Waals surface area contributed by atoms with Gasteiger partial charge >= 0.3 is 29.5 Å². The molecule has 2 heterocycles. The van der Waals surface area contributed by atoms with Crippen molar-refractivity contribution in [3.8, 4) is 17.2 Å². The molecule has 5 rings (SSSR count). The fourth-order valence-electron chi connectivity index (χ4n) is 5.90. The average Bonchev–Trinajstić information content (AvgIpc) is 3.00. The summed E-state index contributed by atoms with van der Waals surface area (Å²) in [7, 11) is 1.44. The molecule has 1 aliphatic rings. The molecule has 1 aromatic heterocycles. The maximum absolute atomic E-state index is 13.4. The lowest BCUT2D eigenvalue weighted by atomic mass is 9.97. The summed E-state index contributed by atoms with van der Waals surface area (Å²) in [4.78, 5) is 62.1. The van der Waals surface area contributed by atoms with Gasteiger partial charge < -0.3 is 42.7 Å². The predicted octanol–water partition coefficient (Wildman–Crippen LogP) is 3.49. The van der Waals surface area contributed by atoms with Gasteiger partial charge in [0.05, 0.1) is 24.0 Å². The van der Waals surface area contributed by atoms with Gasteiger partial charge in [0.1, 0.15) is 22.8 Å². The van der Waals surface area contributed by atoms with E-state index in [-0.39, 0.29) is 40.9 Å². The van der Waals surface area contributed by atoms with Crippen LogP contribution in [0.25, 0.3) is 32.5 Å². The van der Waals surface area contributed by atoms with E-state index in [9.17, 15) is 29.1 Å². The van der Waals surface area contributed by atoms with Crippen molar-refractivity contribution < 1.29 is 61.9 Å². The Hall–Kier alpha value is -5.21. The Morgan fingerprint density at radius 1 is 0.771 bits per heavy atom. The molecule has 0 spiro atoms. The monoisotopic (exact) mass is 666 g/mol. The summed E-state index contributed by atoms with van der Waals surface area (Å²) < 4.78 is 46.1. The van der Waals surface area contributed by atoms with Crippen molar-refractivity contribution in [2.24, 2.45) is 0 Å². The normalized spacial score (nSPS) is 20.7. The number of rotatable bonds is 9. The highest BCUT2D eigenvalue weighted by Crippen LogP contribution is 2.44. The molecule has 0 saturated carbocycles. The number of esters is 4. The van der Waals surface area contributed by atoms with Gasteiger partial charge in [0, 0.05) is 50.5 Å². The van der Waals surface area contributed by atoms with Crippen LogP contribution in [0, 0.1) is 0 Å². The van der Waals surface area contributed by atoms with Gasteiger partial charge in [-0.1, -0.05) is 12.1 Å². The molecule has 0 unspecified atom stereocenters. The molecule has 14 heteroatoms. The van der Waals surface area contributed by atoms with Crippen molar-refractivity contribution >= 4 is 56.4 Å². The van der Waals surface area contributed by atoms with Gasteiger partial charge in [-0.2, -0.15) is 0 Å². The van der Waals surface area contributed by atoms with Gasteiger partial charge in [-0.25, -0.2) is 4.79 Å². The molecular formula is C34H34O14. The van der Waals surface area contributed by atoms with Crippen molar-refractivity contribution in [3.63, 3.8) is 0 Å². The van der Waals surface area contributed by atoms with E-state index < -0.39 is 60.2 Å². The number of aliphatic hydroxyl groups is 1. The molecule has 254 valence electrons. The number of fused-ring (bicyclic) bond motifs is 5. The van der Waals surface area contributed by atoms with Crippen molar-refractivity contribution in [2.45, 2.75) is 71.7 Å². The summed E-state index contributed by atoms with van der Waals surface area (Å²) >= 11 is 0. The van der Waals surface area contributed by atoms with Gasteiger partial charge in [0.2, 0.25) is 12.4 Å². The van der Waals surface area contributed by atoms with Crippen LogP contribution in [0.5, 0.6) is 17.2 Å². The lowest BCUT2D eigenvalue weighted by molar-refractivity contribution is -0.280. The molecule has 1 aliphatic heterocycles. The number of methoxy groups -OCH3 is 1. The first-order valence-corrected chi connectivity index (χ1v) is 15.0. The number of aliphatic hydroxyl groups excluding tert-OH is 1. The first-order valence-electron chi connectivity index (χ1n) is 15.0. The maximum atomic E-state index is 13.4. The van der Waals surface area contributed by atoms with E-state index in [0.717, 1.165) is 13.8 Å². The Morgan fingerprint density at radius 3 is 2.06 bits per heavy atom. The molecule has 1 saturated heterocycles.